The van der Waals surface area contributed by atoms with E-state index in [-0.39, 0.29) is 4.99 Å². The van der Waals surface area contributed by atoms with Gasteiger partial charge in [0, 0.05) is 45.0 Å². The zero-order chi connectivity index (χ0) is 16.9. The molecule has 2 aliphatic rings. The van der Waals surface area contributed by atoms with Gasteiger partial charge in [0.2, 0.25) is 0 Å². The van der Waals surface area contributed by atoms with Gasteiger partial charge in [-0.1, -0.05) is 63.1 Å². The standard InChI is InChI=1S/C8H18N4S2.C8H18/c9-8-7-11-2-5-12(8)4-1-10-3-6-13-14-8;1-7(2,3)8(4,5)6/h10-11H,1-7,9H2;1-6H3. The zero-order valence-electron chi connectivity index (χ0n) is 15.3. The van der Waals surface area contributed by atoms with Crippen LogP contribution in [0.5, 0.6) is 0 Å². The fourth-order valence-electron chi connectivity index (χ4n) is 1.76. The van der Waals surface area contributed by atoms with E-state index in [1.165, 1.54) is 0 Å². The summed E-state index contributed by atoms with van der Waals surface area (Å²) in [4.78, 5) is 2.19. The molecule has 132 valence electrons. The fraction of sp³-hybridized carbons (Fsp3) is 1.00. The van der Waals surface area contributed by atoms with Crippen molar-refractivity contribution in [2.24, 2.45) is 16.6 Å². The van der Waals surface area contributed by atoms with E-state index in [0.29, 0.717) is 10.8 Å². The average molecular weight is 349 g/mol. The molecule has 0 aromatic heterocycles. The van der Waals surface area contributed by atoms with E-state index >= 15 is 0 Å². The first-order valence-corrected chi connectivity index (χ1v) is 10.6. The summed E-state index contributed by atoms with van der Waals surface area (Å²) in [5.74, 6) is 1.14. The summed E-state index contributed by atoms with van der Waals surface area (Å²) in [6.07, 6.45) is 0. The highest BCUT2D eigenvalue weighted by Gasteiger charge is 2.36. The maximum absolute atomic E-state index is 6.38. The lowest BCUT2D eigenvalue weighted by Crippen LogP contribution is -2.65. The number of nitrogens with two attached hydrogens (primary N) is 1. The Morgan fingerprint density at radius 1 is 0.909 bits per heavy atom. The monoisotopic (exact) mass is 348 g/mol. The summed E-state index contributed by atoms with van der Waals surface area (Å²) in [5.41, 5.74) is 7.26. The number of piperazine rings is 1. The van der Waals surface area contributed by atoms with Gasteiger partial charge in [0.05, 0.1) is 0 Å². The molecular formula is C16H36N4S2. The first-order chi connectivity index (χ1) is 10.1. The van der Waals surface area contributed by atoms with E-state index < -0.39 is 0 Å². The molecule has 0 spiro atoms. The van der Waals surface area contributed by atoms with Crippen molar-refractivity contribution in [3.63, 3.8) is 0 Å². The second-order valence-electron chi connectivity index (χ2n) is 8.16. The fourth-order valence-corrected chi connectivity index (χ4v) is 4.33. The summed E-state index contributed by atoms with van der Waals surface area (Å²) in [5, 5.41) is 6.80. The highest BCUT2D eigenvalue weighted by molar-refractivity contribution is 8.77. The van der Waals surface area contributed by atoms with Crippen molar-refractivity contribution in [3.05, 3.63) is 0 Å². The van der Waals surface area contributed by atoms with Crippen LogP contribution in [0.3, 0.4) is 0 Å². The molecule has 2 fully saturated rings. The van der Waals surface area contributed by atoms with E-state index in [1.807, 2.05) is 21.6 Å². The van der Waals surface area contributed by atoms with Crippen LogP contribution in [-0.2, 0) is 0 Å². The molecule has 0 amide bonds. The van der Waals surface area contributed by atoms with Crippen LogP contribution < -0.4 is 16.4 Å². The number of rotatable bonds is 0. The normalized spacial score (nSPS) is 28.5. The molecule has 2 rings (SSSR count). The lowest BCUT2D eigenvalue weighted by atomic mass is 9.71. The molecule has 2 saturated heterocycles. The number of fused-ring (bicyclic) bond motifs is 1. The van der Waals surface area contributed by atoms with E-state index in [1.54, 1.807) is 0 Å². The van der Waals surface area contributed by atoms with Gasteiger partial charge in [0.25, 0.3) is 0 Å². The topological polar surface area (TPSA) is 53.3 Å². The molecule has 0 saturated carbocycles. The van der Waals surface area contributed by atoms with Crippen LogP contribution in [0, 0.1) is 10.8 Å². The van der Waals surface area contributed by atoms with Crippen molar-refractivity contribution in [1.29, 1.82) is 0 Å². The lowest BCUT2D eigenvalue weighted by Gasteiger charge is -2.43. The molecule has 6 heteroatoms. The first-order valence-electron chi connectivity index (χ1n) is 8.32. The molecule has 0 aromatic carbocycles. The second-order valence-corrected chi connectivity index (χ2v) is 10.9. The number of nitrogens with zero attached hydrogens (tertiary/aromatic N) is 1. The number of nitrogens with one attached hydrogen (secondary N) is 2. The lowest BCUT2D eigenvalue weighted by molar-refractivity contribution is 0.141. The van der Waals surface area contributed by atoms with Crippen LogP contribution in [0.2, 0.25) is 0 Å². The Labute approximate surface area is 145 Å². The molecule has 0 aromatic rings. The van der Waals surface area contributed by atoms with Crippen LogP contribution in [0.1, 0.15) is 41.5 Å². The molecular weight excluding hydrogens is 312 g/mol. The van der Waals surface area contributed by atoms with Gasteiger partial charge in [-0.25, -0.2) is 0 Å². The third-order valence-electron chi connectivity index (χ3n) is 4.85. The Morgan fingerprint density at radius 3 is 2.00 bits per heavy atom. The Hall–Kier alpha value is 0.540. The SMILES string of the molecule is CC(C)(C)C(C)(C)C.NC12CNCCN1CCNCCSS2. The Bertz CT molecular complexity index is 313. The molecule has 0 aliphatic carbocycles. The van der Waals surface area contributed by atoms with Crippen molar-refractivity contribution in [1.82, 2.24) is 15.5 Å². The highest BCUT2D eigenvalue weighted by Crippen LogP contribution is 2.36. The number of hydrogen-bond acceptors (Lipinski definition) is 6. The van der Waals surface area contributed by atoms with Gasteiger partial charge in [-0.3, -0.25) is 4.90 Å². The second kappa shape index (κ2) is 8.58. The minimum atomic E-state index is -0.199. The van der Waals surface area contributed by atoms with Gasteiger partial charge < -0.3 is 16.4 Å². The highest BCUT2D eigenvalue weighted by atomic mass is 33.1. The predicted molar refractivity (Wildman–Crippen MR) is 103 cm³/mol. The summed E-state index contributed by atoms with van der Waals surface area (Å²) < 4.78 is 0. The molecule has 2 aliphatic heterocycles. The van der Waals surface area contributed by atoms with E-state index in [4.69, 9.17) is 5.73 Å². The maximum Gasteiger partial charge on any atom is 0.140 e. The Kier molecular flexibility index (Phi) is 8.03. The van der Waals surface area contributed by atoms with Crippen molar-refractivity contribution < 1.29 is 0 Å². The van der Waals surface area contributed by atoms with E-state index in [0.717, 1.165) is 45.0 Å². The maximum atomic E-state index is 6.38. The van der Waals surface area contributed by atoms with Gasteiger partial charge in [0.1, 0.15) is 4.99 Å². The smallest absolute Gasteiger partial charge is 0.140 e. The first kappa shape index (κ1) is 20.6. The zero-order valence-corrected chi connectivity index (χ0v) is 16.9. The number of hydrogen-bond donors (Lipinski definition) is 3. The third-order valence-corrected chi connectivity index (χ3v) is 7.75. The van der Waals surface area contributed by atoms with Crippen LogP contribution in [0.15, 0.2) is 0 Å². The van der Waals surface area contributed by atoms with Gasteiger partial charge >= 0.3 is 0 Å². The molecule has 4 N–H and O–H groups in total. The largest absolute Gasteiger partial charge is 0.315 e. The van der Waals surface area contributed by atoms with Crippen LogP contribution in [-0.4, -0.2) is 54.9 Å². The summed E-state index contributed by atoms with van der Waals surface area (Å²) in [7, 11) is 3.69. The molecule has 0 radical (unpaired) electrons. The predicted octanol–water partition coefficient (Wildman–Crippen LogP) is 2.57. The Morgan fingerprint density at radius 2 is 1.45 bits per heavy atom. The van der Waals surface area contributed by atoms with Gasteiger partial charge in [0.15, 0.2) is 0 Å². The van der Waals surface area contributed by atoms with Crippen LogP contribution in [0.4, 0.5) is 0 Å². The van der Waals surface area contributed by atoms with Crippen molar-refractivity contribution >= 4 is 21.6 Å². The molecule has 1 atom stereocenters. The molecule has 4 nitrogen and oxygen atoms in total. The molecule has 2 heterocycles. The van der Waals surface area contributed by atoms with E-state index in [2.05, 4.69) is 57.1 Å². The van der Waals surface area contributed by atoms with E-state index in [9.17, 15) is 0 Å². The van der Waals surface area contributed by atoms with Gasteiger partial charge in [-0.2, -0.15) is 0 Å². The molecule has 1 unspecified atom stereocenters. The third kappa shape index (κ3) is 6.57. The van der Waals surface area contributed by atoms with Crippen molar-refractivity contribution in [2.45, 2.75) is 46.5 Å². The van der Waals surface area contributed by atoms with Crippen molar-refractivity contribution in [3.8, 4) is 0 Å². The quantitative estimate of drug-likeness (QED) is 0.585. The minimum absolute atomic E-state index is 0.199. The summed E-state index contributed by atoms with van der Waals surface area (Å²) in [6, 6.07) is 0. The molecule has 22 heavy (non-hydrogen) atoms. The minimum Gasteiger partial charge on any atom is -0.315 e. The van der Waals surface area contributed by atoms with Gasteiger partial charge in [-0.15, -0.1) is 0 Å². The summed E-state index contributed by atoms with van der Waals surface area (Å²) in [6.45, 7) is 19.8. The van der Waals surface area contributed by atoms with Crippen LogP contribution in [0.25, 0.3) is 0 Å². The van der Waals surface area contributed by atoms with Crippen LogP contribution >= 0.6 is 21.6 Å². The van der Waals surface area contributed by atoms with Gasteiger partial charge in [-0.05, 0) is 10.8 Å². The summed E-state index contributed by atoms with van der Waals surface area (Å²) >= 11 is 0. The van der Waals surface area contributed by atoms with Crippen molar-refractivity contribution in [2.75, 3.05) is 45.0 Å². The Balaban J connectivity index is 0.000000261. The average Bonchev–Trinajstić information content (AvgIpc) is 2.46. The molecule has 0 bridgehead atoms.